The van der Waals surface area contributed by atoms with Crippen molar-refractivity contribution in [1.82, 2.24) is 0 Å². The number of nitrogens with zero attached hydrogens (tertiary/aromatic N) is 1. The van der Waals surface area contributed by atoms with Crippen molar-refractivity contribution in [1.29, 1.82) is 0 Å². The van der Waals surface area contributed by atoms with Crippen LogP contribution in [-0.4, -0.2) is 0 Å². The van der Waals surface area contributed by atoms with Gasteiger partial charge in [-0.1, -0.05) is 163 Å². The molecule has 11 aromatic rings. The fourth-order valence-corrected chi connectivity index (χ4v) is 7.37. The summed E-state index contributed by atoms with van der Waals surface area (Å²) in [6.45, 7) is 0. The van der Waals surface area contributed by atoms with E-state index in [0.717, 1.165) is 31.8 Å². The molecule has 0 N–H and O–H groups in total. The van der Waals surface area contributed by atoms with Crippen LogP contribution in [0.4, 0.5) is 17.1 Å². The van der Waals surface area contributed by atoms with E-state index in [0.29, 0.717) is 32.9 Å². The first kappa shape index (κ1) is 19.3. The SMILES string of the molecule is [2H]c1c([2H])c([2H])c(-c2c([2H])c([2H])c(-c3c([2H])c([2H])c(N(c4c([2H])c([2H])c(-c5cc6ccccc6c6ccccc56)c([2H])c4[2H])c4cccc5oc6c7ccccc7ccc6c45)c([2H])c3[2H])c([2H])c2[2H])c([2H])c1[2H]. The van der Waals surface area contributed by atoms with Crippen LogP contribution in [0.2, 0.25) is 0 Å². The van der Waals surface area contributed by atoms with Gasteiger partial charge in [-0.3, -0.25) is 0 Å². The van der Waals surface area contributed by atoms with Crippen molar-refractivity contribution in [2.24, 2.45) is 0 Å². The van der Waals surface area contributed by atoms with Crippen molar-refractivity contribution in [3.63, 3.8) is 0 Å². The summed E-state index contributed by atoms with van der Waals surface area (Å²) >= 11 is 0. The molecular weight excluding hydrogens is 679 g/mol. The first-order valence-electron chi connectivity index (χ1n) is 26.3. The molecule has 0 bridgehead atoms. The predicted octanol–water partition coefficient (Wildman–Crippen LogP) is 15.5. The molecule has 0 aliphatic carbocycles. The summed E-state index contributed by atoms with van der Waals surface area (Å²) in [4.78, 5) is 1.15. The van der Waals surface area contributed by atoms with Crippen LogP contribution in [0.15, 0.2) is 216 Å². The number of anilines is 3. The highest BCUT2D eigenvalue weighted by molar-refractivity contribution is 6.20. The van der Waals surface area contributed by atoms with E-state index in [1.165, 1.54) is 0 Å². The molecule has 0 aliphatic heterocycles. The smallest absolute Gasteiger partial charge is 0.143 e. The van der Waals surface area contributed by atoms with E-state index < -0.39 is 136 Å². The minimum absolute atomic E-state index is 0.0237. The fraction of sp³-hybridized carbons (Fsp3) is 0. The van der Waals surface area contributed by atoms with Gasteiger partial charge < -0.3 is 9.32 Å². The summed E-state index contributed by atoms with van der Waals surface area (Å²) in [6.07, 6.45) is 0. The van der Waals surface area contributed by atoms with Crippen molar-refractivity contribution in [3.05, 3.63) is 212 Å². The van der Waals surface area contributed by atoms with Gasteiger partial charge in [0.15, 0.2) is 0 Å². The van der Waals surface area contributed by atoms with Crippen molar-refractivity contribution < 1.29 is 27.7 Å². The van der Waals surface area contributed by atoms with Gasteiger partial charge in [-0.2, -0.15) is 0 Å². The molecule has 0 fully saturated rings. The number of fused-ring (bicyclic) bond motifs is 8. The van der Waals surface area contributed by atoms with Gasteiger partial charge in [0.25, 0.3) is 0 Å². The standard InChI is InChI=1S/C54H35NO/c1-2-11-36(12-3-1)37-21-23-38(24-22-37)39-25-30-43(31-26-39)55(51-19-10-20-52-53(51)49-34-29-40-13-4-7-16-46(40)54(49)56-52)44-32-27-41(28-33-44)50-35-42-14-5-6-15-45(42)47-17-8-9-18-48(47)50/h1-35H/i1D,2D,3D,11D,12D,21D,22D,23D,24D,25D,26D,27D,28D,30D,31D,32D,33D. The third-order valence-electron chi connectivity index (χ3n) is 9.94. The maximum Gasteiger partial charge on any atom is 0.143 e. The zero-order chi connectivity index (χ0) is 51.8. The lowest BCUT2D eigenvalue weighted by Gasteiger charge is -2.27. The molecule has 1 heterocycles. The highest BCUT2D eigenvalue weighted by Crippen LogP contribution is 2.45. The average molecular weight is 731 g/mol. The molecule has 0 spiro atoms. The highest BCUT2D eigenvalue weighted by Gasteiger charge is 2.21. The quantitative estimate of drug-likeness (QED) is 0.158. The Labute approximate surface area is 349 Å². The Hall–Kier alpha value is -7.42. The van der Waals surface area contributed by atoms with Crippen LogP contribution < -0.4 is 4.90 Å². The van der Waals surface area contributed by atoms with Crippen LogP contribution in [0.25, 0.3) is 87.6 Å². The molecule has 2 heteroatoms. The molecule has 0 atom stereocenters. The van der Waals surface area contributed by atoms with Gasteiger partial charge in [-0.15, -0.1) is 0 Å². The summed E-state index contributed by atoms with van der Waals surface area (Å²) in [7, 11) is 0. The number of furan rings is 1. The molecule has 262 valence electrons. The van der Waals surface area contributed by atoms with Crippen LogP contribution in [0.5, 0.6) is 0 Å². The first-order chi connectivity index (χ1) is 34.9. The molecule has 0 unspecified atom stereocenters. The Morgan fingerprint density at radius 3 is 1.64 bits per heavy atom. The molecule has 0 saturated carbocycles. The zero-order valence-corrected chi connectivity index (χ0v) is 29.2. The minimum atomic E-state index is -0.883. The van der Waals surface area contributed by atoms with E-state index in [-0.39, 0.29) is 11.3 Å². The van der Waals surface area contributed by atoms with E-state index in [1.807, 2.05) is 91.0 Å². The summed E-state index contributed by atoms with van der Waals surface area (Å²) in [5.74, 6) is 0. The molecule has 56 heavy (non-hydrogen) atoms. The average Bonchev–Trinajstić information content (AvgIpc) is 3.79. The molecule has 2 nitrogen and oxygen atoms in total. The third kappa shape index (κ3) is 5.34. The highest BCUT2D eigenvalue weighted by atomic mass is 16.3. The summed E-state index contributed by atoms with van der Waals surface area (Å²) in [6, 6.07) is 20.1. The van der Waals surface area contributed by atoms with Crippen molar-refractivity contribution in [2.45, 2.75) is 0 Å². The van der Waals surface area contributed by atoms with Gasteiger partial charge in [0.05, 0.1) is 34.4 Å². The van der Waals surface area contributed by atoms with Crippen LogP contribution in [0, 0.1) is 0 Å². The van der Waals surface area contributed by atoms with E-state index >= 15 is 0 Å². The normalized spacial score (nSPS) is 15.8. The second kappa shape index (κ2) is 13.2. The Kier molecular flexibility index (Phi) is 4.52. The largest absolute Gasteiger partial charge is 0.455 e. The van der Waals surface area contributed by atoms with Gasteiger partial charge in [0, 0.05) is 22.1 Å². The van der Waals surface area contributed by atoms with E-state index in [2.05, 4.69) is 0 Å². The molecule has 0 radical (unpaired) electrons. The third-order valence-corrected chi connectivity index (χ3v) is 9.94. The second-order valence-corrected chi connectivity index (χ2v) is 13.1. The van der Waals surface area contributed by atoms with Gasteiger partial charge in [-0.05, 0) is 109 Å². The number of hydrogen-bond acceptors (Lipinski definition) is 2. The van der Waals surface area contributed by atoms with E-state index in [9.17, 15) is 11.0 Å². The van der Waals surface area contributed by atoms with Crippen LogP contribution >= 0.6 is 0 Å². The maximum absolute atomic E-state index is 9.83. The van der Waals surface area contributed by atoms with E-state index in [4.69, 9.17) is 16.8 Å². The lowest BCUT2D eigenvalue weighted by Crippen LogP contribution is -2.10. The maximum atomic E-state index is 9.83. The summed E-state index contributed by atoms with van der Waals surface area (Å²) < 4.78 is 162. The van der Waals surface area contributed by atoms with Gasteiger partial charge in [-0.25, -0.2) is 0 Å². The minimum Gasteiger partial charge on any atom is -0.455 e. The Balaban J connectivity index is 1.21. The first-order valence-corrected chi connectivity index (χ1v) is 17.8. The topological polar surface area (TPSA) is 16.4 Å². The van der Waals surface area contributed by atoms with Crippen molar-refractivity contribution in [3.8, 4) is 33.4 Å². The molecule has 0 amide bonds. The molecule has 10 aromatic carbocycles. The number of hydrogen-bond donors (Lipinski definition) is 0. The fourth-order valence-electron chi connectivity index (χ4n) is 7.37. The van der Waals surface area contributed by atoms with Gasteiger partial charge in [0.1, 0.15) is 11.2 Å². The zero-order valence-electron chi connectivity index (χ0n) is 46.2. The number of rotatable bonds is 6. The molecule has 0 saturated heterocycles. The van der Waals surface area contributed by atoms with Gasteiger partial charge in [0.2, 0.25) is 0 Å². The molecular formula is C54H35NO. The Bertz CT molecular complexity index is 4150. The summed E-state index contributed by atoms with van der Waals surface area (Å²) in [5, 5.41) is 5.70. The Morgan fingerprint density at radius 1 is 0.393 bits per heavy atom. The molecule has 11 rings (SSSR count). The van der Waals surface area contributed by atoms with Crippen molar-refractivity contribution in [2.75, 3.05) is 4.90 Å². The van der Waals surface area contributed by atoms with E-state index in [1.54, 1.807) is 18.2 Å². The predicted molar refractivity (Wildman–Crippen MR) is 237 cm³/mol. The molecule has 1 aromatic heterocycles. The van der Waals surface area contributed by atoms with Crippen LogP contribution in [0.3, 0.4) is 0 Å². The van der Waals surface area contributed by atoms with Gasteiger partial charge >= 0.3 is 0 Å². The van der Waals surface area contributed by atoms with Crippen LogP contribution in [-0.2, 0) is 0 Å². The second-order valence-electron chi connectivity index (χ2n) is 13.1. The van der Waals surface area contributed by atoms with Crippen LogP contribution in [0.1, 0.15) is 23.3 Å². The van der Waals surface area contributed by atoms with Crippen molar-refractivity contribution >= 4 is 71.3 Å². The molecule has 0 aliphatic rings. The monoisotopic (exact) mass is 730 g/mol. The lowest BCUT2D eigenvalue weighted by molar-refractivity contribution is 0.672. The lowest BCUT2D eigenvalue weighted by atomic mass is 9.93. The number of benzene rings is 10. The Morgan fingerprint density at radius 2 is 0.946 bits per heavy atom. The summed E-state index contributed by atoms with van der Waals surface area (Å²) in [5.41, 5.74) is -2.30.